The van der Waals surface area contributed by atoms with Crippen LogP contribution in [0.25, 0.3) is 0 Å². The zero-order valence-corrected chi connectivity index (χ0v) is 75.9. The fourth-order valence-electron chi connectivity index (χ4n) is 5.61. The molecule has 28 heteroatoms. The maximum absolute atomic E-state index is 12.8. The Labute approximate surface area is 690 Å². The Kier molecular flexibility index (Phi) is 291. The van der Waals surface area contributed by atoms with Gasteiger partial charge in [-0.25, -0.2) is 0 Å². The van der Waals surface area contributed by atoms with Crippen LogP contribution in [0.3, 0.4) is 0 Å². The van der Waals surface area contributed by atoms with E-state index in [0.717, 1.165) is 87.3 Å². The van der Waals surface area contributed by atoms with Gasteiger partial charge in [0, 0.05) is 44.2 Å². The van der Waals surface area contributed by atoms with Crippen LogP contribution in [0.1, 0.15) is 223 Å². The van der Waals surface area contributed by atoms with Crippen molar-refractivity contribution in [1.82, 2.24) is 52.0 Å². The summed E-state index contributed by atoms with van der Waals surface area (Å²) in [5, 5.41) is 2.81. The number of nitrogens with two attached hydrogens (primary N) is 5. The van der Waals surface area contributed by atoms with Crippen LogP contribution < -0.4 is 70.9 Å². The average Bonchev–Trinajstić information content (AvgIpc) is 0.850. The second kappa shape index (κ2) is 185. The number of carbonyl (C=O) groups is 14. The number of likely N-dealkylation sites (tertiary alicyclic amines) is 1. The first-order valence-corrected chi connectivity index (χ1v) is 35.5. The highest BCUT2D eigenvalue weighted by molar-refractivity contribution is 5.91. The van der Waals surface area contributed by atoms with E-state index in [1.54, 1.807) is 14.0 Å². The normalized spacial score (nSPS) is 8.56. The van der Waals surface area contributed by atoms with Gasteiger partial charge in [0.2, 0.25) is 23.6 Å². The molecule has 112 heavy (non-hydrogen) atoms. The number of nitrogens with one attached hydrogen (secondary N) is 1. The van der Waals surface area contributed by atoms with Gasteiger partial charge in [0.1, 0.15) is 80.0 Å². The molecule has 0 radical (unpaired) electrons. The number of piperidine rings is 1. The van der Waals surface area contributed by atoms with E-state index in [1.165, 1.54) is 82.4 Å². The third-order valence-corrected chi connectivity index (χ3v) is 12.5. The molecule has 0 aliphatic carbocycles. The number of nitrogens with zero attached hydrogens (tertiary/aromatic N) is 2. The summed E-state index contributed by atoms with van der Waals surface area (Å²) in [4.78, 5) is 130. The molecule has 4 amide bonds. The highest BCUT2D eigenvalue weighted by Gasteiger charge is 2.30. The molecule has 0 aromatic heterocycles. The van der Waals surface area contributed by atoms with Crippen LogP contribution in [-0.2, 0) is 92.8 Å². The van der Waals surface area contributed by atoms with Gasteiger partial charge in [0.05, 0.1) is 0 Å². The molecule has 0 saturated carbocycles. The summed E-state index contributed by atoms with van der Waals surface area (Å²) in [6.07, 6.45) is 13.6. The lowest BCUT2D eigenvalue weighted by atomic mass is 10.0. The highest BCUT2D eigenvalue weighted by Crippen LogP contribution is 2.12. The van der Waals surface area contributed by atoms with Gasteiger partial charge in [0.25, 0.3) is 0 Å². The van der Waals surface area contributed by atoms with E-state index in [1.807, 2.05) is 142 Å². The summed E-state index contributed by atoms with van der Waals surface area (Å²) >= 11 is 0. The van der Waals surface area contributed by atoms with Gasteiger partial charge in [-0.15, -0.1) is 0 Å². The molecule has 676 valence electrons. The summed E-state index contributed by atoms with van der Waals surface area (Å²) in [5.74, 6) is 2.79. The first kappa shape index (κ1) is 176. The Balaban J connectivity index is -0.0000000285. The van der Waals surface area contributed by atoms with Gasteiger partial charge < -0.3 is 129 Å². The van der Waals surface area contributed by atoms with E-state index in [2.05, 4.69) is 205 Å². The molecular formula is C84H186N14O14. The lowest BCUT2D eigenvalue weighted by Crippen LogP contribution is -2.54. The third kappa shape index (κ3) is 175. The van der Waals surface area contributed by atoms with E-state index in [9.17, 15) is 19.2 Å². The summed E-state index contributed by atoms with van der Waals surface area (Å²) < 4.78 is 0. The quantitative estimate of drug-likeness (QED) is 0.0526. The standard InChI is InChI=1S/C20H29N3O3.3C8H10.4C5H12.C4H9NO.C2H6.4CH5N.10CH2O.6H3N.3H2/c1-15(20(26)23-12-8-5-9-13-23)21-19(25)18(22(3)16(2)24)14-17-10-6-4-7-11-17;3*1-2-8-6-4-3-5-7-8;4*1-4-5(2)3;1-2-3-4(5)6;15*1-2;;;;;;;;;/h4,6-7,10-11,15,18H,5,8-9,12-14H2,1-3H3,(H,21,25);3*3-7H,2H2,1H3;4*5H,4H2,1-3H3;2-3H2,1H3,(H2,5,6);1-2H3;4*2H2,1H3;10*1H2;6*1H3;3*1H/t15-,18-;;;;;;;;;;;;;;;;;;;;;;;;;;;;;;;;/m0................................/s1. The molecule has 1 saturated heterocycles. The predicted molar refractivity (Wildman–Crippen MR) is 492 cm³/mol. The molecule has 4 aromatic carbocycles. The average molecular weight is 1620 g/mol. The molecule has 0 bridgehead atoms. The van der Waals surface area contributed by atoms with Crippen molar-refractivity contribution < 1.29 is 71.4 Å². The molecule has 1 fully saturated rings. The van der Waals surface area contributed by atoms with Crippen LogP contribution >= 0.6 is 0 Å². The maximum Gasteiger partial charge on any atom is 0.244 e. The summed E-state index contributed by atoms with van der Waals surface area (Å²) in [5.41, 5.74) is 28.0. The summed E-state index contributed by atoms with van der Waals surface area (Å²) in [6, 6.07) is 39.7. The largest absolute Gasteiger partial charge is 0.370 e. The molecule has 28 nitrogen and oxygen atoms in total. The molecule has 0 spiro atoms. The van der Waals surface area contributed by atoms with Crippen LogP contribution in [-0.4, -0.2) is 162 Å². The van der Waals surface area contributed by atoms with Crippen LogP contribution in [0, 0.1) is 23.7 Å². The van der Waals surface area contributed by atoms with Crippen molar-refractivity contribution in [1.29, 1.82) is 0 Å². The molecule has 1 aliphatic heterocycles. The van der Waals surface area contributed by atoms with Crippen LogP contribution in [0.2, 0.25) is 0 Å². The van der Waals surface area contributed by atoms with Crippen molar-refractivity contribution in [2.24, 2.45) is 52.3 Å². The number of aryl methyl sites for hydroxylation is 3. The van der Waals surface area contributed by atoms with Gasteiger partial charge in [-0.2, -0.15) is 0 Å². The van der Waals surface area contributed by atoms with Gasteiger partial charge in [-0.05, 0) is 126 Å². The number of rotatable bonds is 15. The van der Waals surface area contributed by atoms with E-state index in [0.29, 0.717) is 12.8 Å². The Morgan fingerprint density at radius 2 is 0.589 bits per heavy atom. The number of primary amides is 1. The lowest BCUT2D eigenvalue weighted by molar-refractivity contribution is -0.140. The second-order valence-corrected chi connectivity index (χ2v) is 20.9. The molecule has 4 aromatic rings. The lowest BCUT2D eigenvalue weighted by Gasteiger charge is -2.31. The zero-order chi connectivity index (χ0) is 88.7. The van der Waals surface area contributed by atoms with Crippen LogP contribution in [0.15, 0.2) is 121 Å². The topological polar surface area (TPSA) is 598 Å². The smallest absolute Gasteiger partial charge is 0.244 e. The van der Waals surface area contributed by atoms with Crippen molar-refractivity contribution in [2.75, 3.05) is 48.3 Å². The third-order valence-electron chi connectivity index (χ3n) is 12.5. The number of hydrogen-bond donors (Lipinski definition) is 12. The van der Waals surface area contributed by atoms with Gasteiger partial charge >= 0.3 is 0 Å². The number of likely N-dealkylation sites (N-methyl/N-ethyl adjacent to an activating group) is 1. The minimum atomic E-state index is -0.647. The molecule has 1 heterocycles. The highest BCUT2D eigenvalue weighted by atomic mass is 16.2. The minimum absolute atomic E-state index is 0. The Bertz CT molecular complexity index is 1990. The first-order valence-electron chi connectivity index (χ1n) is 35.5. The minimum Gasteiger partial charge on any atom is -0.370 e. The van der Waals surface area contributed by atoms with E-state index in [-0.39, 0.29) is 64.8 Å². The number of carbonyl (C=O) groups excluding carboxylic acids is 14. The molecule has 5 rings (SSSR count). The van der Waals surface area contributed by atoms with Crippen molar-refractivity contribution >= 4 is 91.5 Å². The fourth-order valence-corrected chi connectivity index (χ4v) is 5.61. The SMILES string of the molecule is C=O.C=O.C=O.C=O.C=O.C=O.C=O.C=O.C=O.C=O.CC.CC(=O)N(C)[C@@H](Cc1ccccc1)C(=O)N[C@@H](C)C(=O)N1CCCCC1.CCC(C)C.CCC(C)C.CCC(C)C.CCC(C)C.CCCC(N)=O.CCc1ccccc1.CCc1ccccc1.CCc1ccccc1.CN.CN.CN.CN.N.N.N.N.N.N.[HH].[HH].[HH]. The van der Waals surface area contributed by atoms with Crippen molar-refractivity contribution in [2.45, 2.75) is 234 Å². The second-order valence-electron chi connectivity index (χ2n) is 20.9. The Morgan fingerprint density at radius 3 is 0.732 bits per heavy atom. The van der Waals surface area contributed by atoms with Crippen molar-refractivity contribution in [3.63, 3.8) is 0 Å². The summed E-state index contributed by atoms with van der Waals surface area (Å²) in [6.45, 7) is 63.6. The first-order chi connectivity index (χ1) is 51.0. The molecule has 1 aliphatic rings. The van der Waals surface area contributed by atoms with Gasteiger partial charge in [-0.3, -0.25) is 19.2 Å². The Hall–Kier alpha value is -8.94. The number of hydrogen-bond acceptors (Lipinski definition) is 24. The van der Waals surface area contributed by atoms with Gasteiger partial charge in [-0.1, -0.05) is 272 Å². The molecule has 2 atom stereocenters. The predicted octanol–water partition coefficient (Wildman–Crippen LogP) is 16.0. The zero-order valence-electron chi connectivity index (χ0n) is 75.9. The van der Waals surface area contributed by atoms with E-state index >= 15 is 0 Å². The molecule has 0 unspecified atom stereocenters. The maximum atomic E-state index is 12.8. The van der Waals surface area contributed by atoms with Crippen LogP contribution in [0.4, 0.5) is 0 Å². The number of amides is 4. The monoisotopic (exact) mass is 1620 g/mol. The summed E-state index contributed by atoms with van der Waals surface area (Å²) in [7, 11) is 7.62. The number of benzene rings is 4. The van der Waals surface area contributed by atoms with Gasteiger partial charge in [0.15, 0.2) is 0 Å². The van der Waals surface area contributed by atoms with Crippen molar-refractivity contribution in [3.8, 4) is 0 Å². The Morgan fingerprint density at radius 1 is 0.393 bits per heavy atom. The van der Waals surface area contributed by atoms with Crippen molar-refractivity contribution in [3.05, 3.63) is 144 Å². The molecular weight excluding hydrogens is 1430 g/mol. The van der Waals surface area contributed by atoms with E-state index in [4.69, 9.17) is 53.7 Å². The van der Waals surface area contributed by atoms with E-state index < -0.39 is 12.1 Å². The molecule has 29 N–H and O–H groups in total. The van der Waals surface area contributed by atoms with Crippen LogP contribution in [0.5, 0.6) is 0 Å². The fraction of sp³-hybridized carbons (Fsp3) is 0.548.